The number of benzene rings is 2. The molecule has 7 heteroatoms. The standard InChI is InChI=1S/C21H23FN4O2/c1-16(21(27)23-13-7-9-17-8-5-6-12-20(17)22)26-14-18(24-25-26)15-28-19-10-3-2-4-11-19/h2-6,8,10-12,14,16H,7,9,13,15H2,1H3,(H,23,27)/t16-/m1/s1. The third-order valence-electron chi connectivity index (χ3n) is 4.34. The van der Waals surface area contributed by atoms with E-state index in [1.54, 1.807) is 25.3 Å². The van der Waals surface area contributed by atoms with E-state index in [-0.39, 0.29) is 18.3 Å². The Kier molecular flexibility index (Phi) is 6.73. The molecule has 0 saturated carbocycles. The third kappa shape index (κ3) is 5.39. The molecule has 6 nitrogen and oxygen atoms in total. The molecule has 2 aromatic carbocycles. The van der Waals surface area contributed by atoms with Crippen molar-refractivity contribution in [1.29, 1.82) is 0 Å². The van der Waals surface area contributed by atoms with Crippen molar-refractivity contribution in [1.82, 2.24) is 20.3 Å². The van der Waals surface area contributed by atoms with Gasteiger partial charge >= 0.3 is 0 Å². The molecule has 3 rings (SSSR count). The van der Waals surface area contributed by atoms with Crippen LogP contribution in [-0.4, -0.2) is 27.4 Å². The highest BCUT2D eigenvalue weighted by molar-refractivity contribution is 5.79. The van der Waals surface area contributed by atoms with Crippen LogP contribution in [0.25, 0.3) is 0 Å². The van der Waals surface area contributed by atoms with Crippen LogP contribution in [0.15, 0.2) is 60.8 Å². The highest BCUT2D eigenvalue weighted by Crippen LogP contribution is 2.12. The number of aryl methyl sites for hydroxylation is 1. The molecule has 0 bridgehead atoms. The van der Waals surface area contributed by atoms with E-state index in [1.807, 2.05) is 36.4 Å². The van der Waals surface area contributed by atoms with Gasteiger partial charge in [0.25, 0.3) is 0 Å². The second kappa shape index (κ2) is 9.64. The highest BCUT2D eigenvalue weighted by Gasteiger charge is 2.16. The third-order valence-corrected chi connectivity index (χ3v) is 4.34. The molecule has 1 N–H and O–H groups in total. The minimum atomic E-state index is -0.494. The molecule has 1 aromatic heterocycles. The van der Waals surface area contributed by atoms with Crippen LogP contribution < -0.4 is 10.1 Å². The Labute approximate surface area is 163 Å². The second-order valence-corrected chi connectivity index (χ2v) is 6.45. The van der Waals surface area contributed by atoms with Gasteiger partial charge in [-0.25, -0.2) is 9.07 Å². The van der Waals surface area contributed by atoms with Crippen molar-refractivity contribution in [2.75, 3.05) is 6.54 Å². The van der Waals surface area contributed by atoms with Crippen LogP contribution in [0.2, 0.25) is 0 Å². The van der Waals surface area contributed by atoms with Crippen molar-refractivity contribution in [3.63, 3.8) is 0 Å². The van der Waals surface area contributed by atoms with E-state index in [0.29, 0.717) is 30.6 Å². The summed E-state index contributed by atoms with van der Waals surface area (Å²) in [6.45, 7) is 2.50. The van der Waals surface area contributed by atoms with E-state index in [0.717, 1.165) is 5.75 Å². The van der Waals surface area contributed by atoms with Crippen molar-refractivity contribution in [2.24, 2.45) is 0 Å². The Morgan fingerprint density at radius 2 is 1.93 bits per heavy atom. The molecule has 0 saturated heterocycles. The van der Waals surface area contributed by atoms with Gasteiger partial charge in [0.15, 0.2) is 0 Å². The van der Waals surface area contributed by atoms with Crippen LogP contribution in [0, 0.1) is 5.82 Å². The van der Waals surface area contributed by atoms with Crippen molar-refractivity contribution >= 4 is 5.91 Å². The predicted molar refractivity (Wildman–Crippen MR) is 103 cm³/mol. The van der Waals surface area contributed by atoms with Crippen LogP contribution in [-0.2, 0) is 17.8 Å². The summed E-state index contributed by atoms with van der Waals surface area (Å²) in [7, 11) is 0. The minimum Gasteiger partial charge on any atom is -0.487 e. The number of halogens is 1. The average Bonchev–Trinajstić information content (AvgIpc) is 3.20. The fraction of sp³-hybridized carbons (Fsp3) is 0.286. The van der Waals surface area contributed by atoms with E-state index in [4.69, 9.17) is 4.74 Å². The van der Waals surface area contributed by atoms with Gasteiger partial charge in [-0.1, -0.05) is 41.6 Å². The van der Waals surface area contributed by atoms with E-state index in [1.165, 1.54) is 10.7 Å². The number of nitrogens with one attached hydrogen (secondary N) is 1. The van der Waals surface area contributed by atoms with Gasteiger partial charge in [-0.3, -0.25) is 4.79 Å². The van der Waals surface area contributed by atoms with Crippen LogP contribution in [0.1, 0.15) is 30.6 Å². The fourth-order valence-corrected chi connectivity index (χ4v) is 2.70. The number of hydrogen-bond acceptors (Lipinski definition) is 4. The zero-order valence-electron chi connectivity index (χ0n) is 15.7. The molecule has 0 fully saturated rings. The molecule has 3 aromatic rings. The van der Waals surface area contributed by atoms with Gasteiger partial charge in [0, 0.05) is 6.54 Å². The zero-order valence-corrected chi connectivity index (χ0v) is 15.7. The average molecular weight is 382 g/mol. The SMILES string of the molecule is C[C@H](C(=O)NCCCc1ccccc1F)n1cc(COc2ccccc2)nn1. The van der Waals surface area contributed by atoms with Crippen molar-refractivity contribution in [2.45, 2.75) is 32.4 Å². The summed E-state index contributed by atoms with van der Waals surface area (Å²) in [6, 6.07) is 15.6. The number of carbonyl (C=O) groups is 1. The molecule has 0 radical (unpaired) electrons. The van der Waals surface area contributed by atoms with Crippen LogP contribution in [0.4, 0.5) is 4.39 Å². The molecule has 1 heterocycles. The molecule has 0 spiro atoms. The number of ether oxygens (including phenoxy) is 1. The Bertz CT molecular complexity index is 898. The maximum absolute atomic E-state index is 13.6. The predicted octanol–water partition coefficient (Wildman–Crippen LogP) is 3.31. The number of rotatable bonds is 9. The van der Waals surface area contributed by atoms with Gasteiger partial charge in [0.2, 0.25) is 5.91 Å². The smallest absolute Gasteiger partial charge is 0.244 e. The number of aromatic nitrogens is 3. The van der Waals surface area contributed by atoms with Crippen LogP contribution in [0.3, 0.4) is 0 Å². The molecule has 146 valence electrons. The summed E-state index contributed by atoms with van der Waals surface area (Å²) in [5, 5.41) is 10.9. The number of nitrogens with zero attached hydrogens (tertiary/aromatic N) is 3. The molecule has 0 unspecified atom stereocenters. The van der Waals surface area contributed by atoms with Gasteiger partial charge < -0.3 is 10.1 Å². The number of para-hydroxylation sites is 1. The Morgan fingerprint density at radius 1 is 1.18 bits per heavy atom. The number of carbonyl (C=O) groups excluding carboxylic acids is 1. The Hall–Kier alpha value is -3.22. The second-order valence-electron chi connectivity index (χ2n) is 6.45. The topological polar surface area (TPSA) is 69.0 Å². The first kappa shape index (κ1) is 19.5. The fourth-order valence-electron chi connectivity index (χ4n) is 2.70. The van der Waals surface area contributed by atoms with E-state index < -0.39 is 6.04 Å². The summed E-state index contributed by atoms with van der Waals surface area (Å²) in [5.41, 5.74) is 1.30. The molecule has 1 atom stereocenters. The van der Waals surface area contributed by atoms with Crippen LogP contribution in [0.5, 0.6) is 5.75 Å². The van der Waals surface area contributed by atoms with Crippen molar-refractivity contribution in [3.05, 3.63) is 77.9 Å². The minimum absolute atomic E-state index is 0.158. The summed E-state index contributed by atoms with van der Waals surface area (Å²) in [5.74, 6) is 0.377. The maximum Gasteiger partial charge on any atom is 0.244 e. The Morgan fingerprint density at radius 3 is 2.71 bits per heavy atom. The first-order valence-corrected chi connectivity index (χ1v) is 9.23. The lowest BCUT2D eigenvalue weighted by Gasteiger charge is -2.12. The van der Waals surface area contributed by atoms with Crippen molar-refractivity contribution in [3.8, 4) is 5.75 Å². The van der Waals surface area contributed by atoms with E-state index in [2.05, 4.69) is 15.6 Å². The first-order chi connectivity index (χ1) is 13.6. The number of hydrogen-bond donors (Lipinski definition) is 1. The molecule has 1 amide bonds. The molecular formula is C21H23FN4O2. The molecule has 0 aliphatic carbocycles. The monoisotopic (exact) mass is 382 g/mol. The van der Waals surface area contributed by atoms with Crippen LogP contribution >= 0.6 is 0 Å². The number of amides is 1. The maximum atomic E-state index is 13.6. The van der Waals surface area contributed by atoms with Crippen molar-refractivity contribution < 1.29 is 13.9 Å². The lowest BCUT2D eigenvalue weighted by molar-refractivity contribution is -0.124. The molecule has 0 aliphatic rings. The largest absolute Gasteiger partial charge is 0.487 e. The summed E-state index contributed by atoms with van der Waals surface area (Å²) < 4.78 is 20.7. The summed E-state index contributed by atoms with van der Waals surface area (Å²) in [6.07, 6.45) is 2.94. The normalized spacial score (nSPS) is 11.8. The molecular weight excluding hydrogens is 359 g/mol. The van der Waals surface area contributed by atoms with E-state index in [9.17, 15) is 9.18 Å². The van der Waals surface area contributed by atoms with Gasteiger partial charge in [0.05, 0.1) is 6.20 Å². The van der Waals surface area contributed by atoms with Gasteiger partial charge in [-0.2, -0.15) is 0 Å². The first-order valence-electron chi connectivity index (χ1n) is 9.23. The quantitative estimate of drug-likeness (QED) is 0.577. The van der Waals surface area contributed by atoms with Gasteiger partial charge in [-0.05, 0) is 43.5 Å². The summed E-state index contributed by atoms with van der Waals surface area (Å²) in [4.78, 5) is 12.3. The van der Waals surface area contributed by atoms with Gasteiger partial charge in [0.1, 0.15) is 29.9 Å². The summed E-state index contributed by atoms with van der Waals surface area (Å²) >= 11 is 0. The zero-order chi connectivity index (χ0) is 19.8. The van der Waals surface area contributed by atoms with Gasteiger partial charge in [-0.15, -0.1) is 5.10 Å². The van der Waals surface area contributed by atoms with E-state index >= 15 is 0 Å². The highest BCUT2D eigenvalue weighted by atomic mass is 19.1. The molecule has 28 heavy (non-hydrogen) atoms. The Balaban J connectivity index is 1.43. The lowest BCUT2D eigenvalue weighted by atomic mass is 10.1. The lowest BCUT2D eigenvalue weighted by Crippen LogP contribution is -2.32. The molecule has 0 aliphatic heterocycles.